The van der Waals surface area contributed by atoms with E-state index in [1.54, 1.807) is 0 Å². The molecule has 1 aliphatic heterocycles. The molecule has 0 bridgehead atoms. The normalized spacial score (nSPS) is 19.6. The van der Waals surface area contributed by atoms with Crippen LogP contribution in [0.2, 0.25) is 5.02 Å². The van der Waals surface area contributed by atoms with Crippen molar-refractivity contribution in [2.75, 3.05) is 25.5 Å². The molecule has 38 heavy (non-hydrogen) atoms. The van der Waals surface area contributed by atoms with Gasteiger partial charge in [0.15, 0.2) is 11.6 Å². The summed E-state index contributed by atoms with van der Waals surface area (Å²) in [5.74, 6) is 1.55. The lowest BCUT2D eigenvalue weighted by Crippen LogP contribution is -2.52. The zero-order valence-corrected chi connectivity index (χ0v) is 24.4. The van der Waals surface area contributed by atoms with Gasteiger partial charge in [-0.15, -0.1) is 0 Å². The molecule has 208 valence electrons. The number of anilines is 1. The van der Waals surface area contributed by atoms with Crippen LogP contribution in [-0.2, 0) is 17.6 Å². The predicted octanol–water partition coefficient (Wildman–Crippen LogP) is 4.83. The van der Waals surface area contributed by atoms with Crippen molar-refractivity contribution in [1.82, 2.24) is 15.6 Å². The molecule has 1 spiro atoms. The van der Waals surface area contributed by atoms with Crippen molar-refractivity contribution in [2.24, 2.45) is 5.41 Å². The van der Waals surface area contributed by atoms with Gasteiger partial charge in [-0.1, -0.05) is 44.5 Å². The molecular formula is C30H43ClN4O3. The number of carbonyl (C=O) groups excluding carboxylic acids is 1. The highest BCUT2D eigenvalue weighted by Gasteiger charge is 2.47. The van der Waals surface area contributed by atoms with Crippen molar-refractivity contribution in [1.29, 1.82) is 0 Å². The van der Waals surface area contributed by atoms with Gasteiger partial charge in [0, 0.05) is 56.3 Å². The minimum absolute atomic E-state index is 0.0163. The fourth-order valence-electron chi connectivity index (χ4n) is 5.52. The largest absolute Gasteiger partial charge is 0.483 e. The number of nitrogens with zero attached hydrogens (tertiary/aromatic N) is 2. The first kappa shape index (κ1) is 28.7. The average Bonchev–Trinajstić information content (AvgIpc) is 2.80. The first-order valence-electron chi connectivity index (χ1n) is 13.7. The van der Waals surface area contributed by atoms with Crippen molar-refractivity contribution in [3.8, 4) is 5.75 Å². The van der Waals surface area contributed by atoms with Gasteiger partial charge in [-0.25, -0.2) is 4.98 Å². The lowest BCUT2D eigenvalue weighted by Gasteiger charge is -2.49. The van der Waals surface area contributed by atoms with E-state index in [-0.39, 0.29) is 23.0 Å². The Hall–Kier alpha value is -2.35. The molecule has 1 amide bonds. The third-order valence-corrected chi connectivity index (χ3v) is 7.75. The van der Waals surface area contributed by atoms with E-state index in [1.807, 2.05) is 43.3 Å². The van der Waals surface area contributed by atoms with Gasteiger partial charge in [-0.2, -0.15) is 0 Å². The zero-order valence-electron chi connectivity index (χ0n) is 23.6. The van der Waals surface area contributed by atoms with Gasteiger partial charge in [-0.3, -0.25) is 4.79 Å². The molecule has 8 heteroatoms. The van der Waals surface area contributed by atoms with Gasteiger partial charge in [0.25, 0.3) is 0 Å². The molecule has 0 radical (unpaired) electrons. The van der Waals surface area contributed by atoms with Gasteiger partial charge < -0.3 is 25.4 Å². The Kier molecular flexibility index (Phi) is 8.60. The number of aliphatic hydroxyl groups is 1. The Morgan fingerprint density at radius 1 is 1.26 bits per heavy atom. The molecule has 1 aromatic carbocycles. The number of benzene rings is 1. The summed E-state index contributed by atoms with van der Waals surface area (Å²) < 4.78 is 6.68. The molecule has 4 rings (SSSR count). The summed E-state index contributed by atoms with van der Waals surface area (Å²) in [6.07, 6.45) is 4.64. The Labute approximate surface area is 232 Å². The van der Waals surface area contributed by atoms with Crippen LogP contribution in [0.5, 0.6) is 5.75 Å². The maximum Gasteiger partial charge on any atom is 0.217 e. The number of carbonyl (C=O) groups is 1. The van der Waals surface area contributed by atoms with Gasteiger partial charge in [0.2, 0.25) is 5.91 Å². The molecule has 1 aromatic heterocycles. The van der Waals surface area contributed by atoms with Crippen LogP contribution in [0.3, 0.4) is 0 Å². The number of aromatic nitrogens is 1. The van der Waals surface area contributed by atoms with Crippen LogP contribution >= 0.6 is 11.6 Å². The maximum absolute atomic E-state index is 12.0. The summed E-state index contributed by atoms with van der Waals surface area (Å²) in [6, 6.07) is 9.29. The van der Waals surface area contributed by atoms with E-state index in [0.29, 0.717) is 18.0 Å². The predicted molar refractivity (Wildman–Crippen MR) is 153 cm³/mol. The monoisotopic (exact) mass is 542 g/mol. The SMILES string of the molecule is CC(=O)N[C@@H](Cc1ccc(Cl)cc1)[C@H](O)CN[C@H]1CC2(CCC2)Oc2c1cc(CC(C)(C)C)nc2N(C)C. The minimum atomic E-state index is -0.776. The zero-order chi connectivity index (χ0) is 27.7. The smallest absolute Gasteiger partial charge is 0.217 e. The van der Waals surface area contributed by atoms with Gasteiger partial charge in [-0.05, 0) is 61.3 Å². The molecule has 1 aliphatic carbocycles. The van der Waals surface area contributed by atoms with Crippen molar-refractivity contribution in [3.63, 3.8) is 0 Å². The summed E-state index contributed by atoms with van der Waals surface area (Å²) in [7, 11) is 4.02. The number of nitrogens with one attached hydrogen (secondary N) is 2. The minimum Gasteiger partial charge on any atom is -0.483 e. The summed E-state index contributed by atoms with van der Waals surface area (Å²) in [5, 5.41) is 18.5. The lowest BCUT2D eigenvalue weighted by atomic mass is 9.72. The molecule has 2 aliphatic rings. The lowest BCUT2D eigenvalue weighted by molar-refractivity contribution is -0.120. The van der Waals surface area contributed by atoms with E-state index in [1.165, 1.54) is 6.92 Å². The topological polar surface area (TPSA) is 86.7 Å². The molecule has 7 nitrogen and oxygen atoms in total. The number of hydrogen-bond acceptors (Lipinski definition) is 6. The first-order valence-corrected chi connectivity index (χ1v) is 14.1. The second-order valence-electron chi connectivity index (χ2n) is 12.5. The second-order valence-corrected chi connectivity index (χ2v) is 12.9. The quantitative estimate of drug-likeness (QED) is 0.420. The van der Waals surface area contributed by atoms with E-state index in [4.69, 9.17) is 21.3 Å². The number of pyridine rings is 1. The fourth-order valence-corrected chi connectivity index (χ4v) is 5.64. The van der Waals surface area contributed by atoms with E-state index in [9.17, 15) is 9.90 Å². The molecule has 1 fully saturated rings. The maximum atomic E-state index is 12.0. The van der Waals surface area contributed by atoms with Crippen molar-refractivity contribution in [3.05, 3.63) is 52.2 Å². The van der Waals surface area contributed by atoms with Crippen LogP contribution in [0, 0.1) is 5.41 Å². The number of aliphatic hydroxyl groups excluding tert-OH is 1. The van der Waals surface area contributed by atoms with Crippen molar-refractivity contribution < 1.29 is 14.6 Å². The summed E-state index contributed by atoms with van der Waals surface area (Å²) >= 11 is 6.04. The van der Waals surface area contributed by atoms with Crippen LogP contribution in [0.4, 0.5) is 5.82 Å². The fraction of sp³-hybridized carbons (Fsp3) is 0.600. The van der Waals surface area contributed by atoms with Crippen molar-refractivity contribution >= 4 is 23.3 Å². The number of halogens is 1. The third kappa shape index (κ3) is 6.99. The number of fused-ring (bicyclic) bond motifs is 1. The van der Waals surface area contributed by atoms with Gasteiger partial charge in [0.1, 0.15) is 5.60 Å². The molecule has 2 aromatic rings. The number of amides is 1. The average molecular weight is 543 g/mol. The van der Waals surface area contributed by atoms with E-state index < -0.39 is 12.1 Å². The Morgan fingerprint density at radius 2 is 1.95 bits per heavy atom. The van der Waals surface area contributed by atoms with Crippen LogP contribution in [0.1, 0.15) is 76.2 Å². The Bertz CT molecular complexity index is 1130. The van der Waals surface area contributed by atoms with E-state index in [2.05, 4.69) is 37.5 Å². The number of ether oxygens (including phenoxy) is 1. The number of hydrogen-bond donors (Lipinski definition) is 3. The molecule has 0 saturated heterocycles. The van der Waals surface area contributed by atoms with E-state index in [0.717, 1.165) is 60.5 Å². The van der Waals surface area contributed by atoms with Crippen LogP contribution in [0.15, 0.2) is 30.3 Å². The van der Waals surface area contributed by atoms with Crippen LogP contribution in [-0.4, -0.2) is 54.4 Å². The second kappa shape index (κ2) is 11.4. The third-order valence-electron chi connectivity index (χ3n) is 7.50. The Balaban J connectivity index is 1.58. The van der Waals surface area contributed by atoms with Crippen LogP contribution < -0.4 is 20.3 Å². The summed E-state index contributed by atoms with van der Waals surface area (Å²) in [6.45, 7) is 8.48. The number of rotatable bonds is 9. The van der Waals surface area contributed by atoms with Gasteiger partial charge >= 0.3 is 0 Å². The molecule has 1 saturated carbocycles. The molecule has 3 N–H and O–H groups in total. The summed E-state index contributed by atoms with van der Waals surface area (Å²) in [4.78, 5) is 19.0. The molecule has 3 atom stereocenters. The highest BCUT2D eigenvalue weighted by atomic mass is 35.5. The highest BCUT2D eigenvalue weighted by molar-refractivity contribution is 6.30. The first-order chi connectivity index (χ1) is 17.8. The van der Waals surface area contributed by atoms with E-state index >= 15 is 0 Å². The summed E-state index contributed by atoms with van der Waals surface area (Å²) in [5.41, 5.74) is 3.06. The highest BCUT2D eigenvalue weighted by Crippen LogP contribution is 2.51. The molecular weight excluding hydrogens is 500 g/mol. The van der Waals surface area contributed by atoms with Crippen molar-refractivity contribution in [2.45, 2.75) is 90.0 Å². The molecule has 2 heterocycles. The standard InChI is InChI=1S/C30H43ClN4O3/c1-19(36)33-24(14-20-8-10-21(31)11-9-20)26(37)18-32-25-17-30(12-7-13-30)38-27-23(25)15-22(16-29(2,3)4)34-28(27)35(5)6/h8-11,15,24-26,32,37H,7,12-14,16-18H2,1-6H3,(H,33,36)/t24-,25-,26+/m0/s1. The van der Waals surface area contributed by atoms with Crippen LogP contribution in [0.25, 0.3) is 0 Å². The molecule has 0 unspecified atom stereocenters. The van der Waals surface area contributed by atoms with Gasteiger partial charge in [0.05, 0.1) is 12.1 Å². The Morgan fingerprint density at radius 3 is 2.50 bits per heavy atom.